The Balaban J connectivity index is 2.71. The molecular weight excluding hydrogens is 294 g/mol. The molecule has 1 rings (SSSR count). The van der Waals surface area contributed by atoms with E-state index >= 15 is 0 Å². The molecule has 1 aromatic carbocycles. The van der Waals surface area contributed by atoms with Crippen LogP contribution in [0.15, 0.2) is 18.2 Å². The van der Waals surface area contributed by atoms with Crippen molar-refractivity contribution in [2.45, 2.75) is 13.8 Å². The average molecular weight is 312 g/mol. The highest BCUT2D eigenvalue weighted by atomic mass is 32.2. The summed E-state index contributed by atoms with van der Waals surface area (Å²) < 4.78 is 10.8. The molecule has 1 amide bonds. The fourth-order valence-corrected chi connectivity index (χ4v) is 2.08. The second-order valence-electron chi connectivity index (χ2n) is 3.94. The average Bonchev–Trinajstić information content (AvgIpc) is 2.41. The van der Waals surface area contributed by atoms with E-state index in [0.29, 0.717) is 30.4 Å². The van der Waals surface area contributed by atoms with Crippen molar-refractivity contribution in [2.75, 3.05) is 30.0 Å². The number of hydrogen-bond donors (Lipinski definition) is 1. The van der Waals surface area contributed by atoms with Gasteiger partial charge in [-0.05, 0) is 26.0 Å². The zero-order chi connectivity index (χ0) is 15.7. The van der Waals surface area contributed by atoms with Gasteiger partial charge >= 0.3 is 0 Å². The molecule has 0 aromatic heterocycles. The maximum atomic E-state index is 11.8. The van der Waals surface area contributed by atoms with Crippen LogP contribution >= 0.6 is 11.8 Å². The first kappa shape index (κ1) is 17.2. The summed E-state index contributed by atoms with van der Waals surface area (Å²) in [6, 6.07) is 5.16. The number of rotatable bonds is 9. The lowest BCUT2D eigenvalue weighted by molar-refractivity contribution is -0.301. The molecule has 0 heterocycles. The highest BCUT2D eigenvalue weighted by molar-refractivity contribution is 8.00. The zero-order valence-electron chi connectivity index (χ0n) is 12.0. The molecule has 0 atom stereocenters. The number of carbonyl (C=O) groups is 2. The van der Waals surface area contributed by atoms with E-state index in [-0.39, 0.29) is 17.4 Å². The molecule has 0 radical (unpaired) electrons. The second kappa shape index (κ2) is 9.12. The molecule has 21 heavy (non-hydrogen) atoms. The van der Waals surface area contributed by atoms with Crippen LogP contribution in [0.5, 0.6) is 11.5 Å². The summed E-state index contributed by atoms with van der Waals surface area (Å²) >= 11 is 0.976. The van der Waals surface area contributed by atoms with Crippen molar-refractivity contribution in [3.05, 3.63) is 18.2 Å². The van der Waals surface area contributed by atoms with Crippen LogP contribution in [0, 0.1) is 0 Å². The van der Waals surface area contributed by atoms with E-state index in [1.807, 2.05) is 13.8 Å². The van der Waals surface area contributed by atoms with Crippen molar-refractivity contribution < 1.29 is 24.2 Å². The molecule has 0 saturated carbocycles. The molecular formula is C14H18NO5S-. The van der Waals surface area contributed by atoms with Crippen molar-refractivity contribution >= 4 is 29.3 Å². The summed E-state index contributed by atoms with van der Waals surface area (Å²) in [5.41, 5.74) is 0.502. The Morgan fingerprint density at radius 3 is 2.52 bits per heavy atom. The molecule has 116 valence electrons. The molecule has 0 aliphatic carbocycles. The highest BCUT2D eigenvalue weighted by Crippen LogP contribution is 2.29. The molecule has 1 aromatic rings. The van der Waals surface area contributed by atoms with Gasteiger partial charge in [0.05, 0.1) is 30.6 Å². The Kier molecular flexibility index (Phi) is 7.45. The van der Waals surface area contributed by atoms with Crippen LogP contribution < -0.4 is 19.9 Å². The summed E-state index contributed by atoms with van der Waals surface area (Å²) in [7, 11) is 0. The Labute approximate surface area is 127 Å². The minimum atomic E-state index is -1.19. The quantitative estimate of drug-likeness (QED) is 0.729. The summed E-state index contributed by atoms with van der Waals surface area (Å²) in [5, 5.41) is 13.0. The van der Waals surface area contributed by atoms with Crippen molar-refractivity contribution in [1.29, 1.82) is 0 Å². The van der Waals surface area contributed by atoms with Gasteiger partial charge in [0, 0.05) is 11.8 Å². The van der Waals surface area contributed by atoms with E-state index in [9.17, 15) is 14.7 Å². The van der Waals surface area contributed by atoms with Gasteiger partial charge in [-0.3, -0.25) is 4.79 Å². The van der Waals surface area contributed by atoms with Gasteiger partial charge in [-0.25, -0.2) is 0 Å². The summed E-state index contributed by atoms with van der Waals surface area (Å²) in [4.78, 5) is 22.1. The fourth-order valence-electron chi connectivity index (χ4n) is 1.56. The van der Waals surface area contributed by atoms with Crippen LogP contribution in [-0.2, 0) is 9.59 Å². The SMILES string of the molecule is CCOc1ccc(OCC)c(NC(=O)CSCC(=O)[O-])c1. The number of anilines is 1. The van der Waals surface area contributed by atoms with Crippen LogP contribution in [0.2, 0.25) is 0 Å². The van der Waals surface area contributed by atoms with Crippen molar-refractivity contribution in [2.24, 2.45) is 0 Å². The van der Waals surface area contributed by atoms with Crippen molar-refractivity contribution in [3.63, 3.8) is 0 Å². The lowest BCUT2D eigenvalue weighted by Crippen LogP contribution is -2.25. The molecule has 7 heteroatoms. The van der Waals surface area contributed by atoms with E-state index in [4.69, 9.17) is 9.47 Å². The molecule has 6 nitrogen and oxygen atoms in total. The molecule has 0 bridgehead atoms. The minimum Gasteiger partial charge on any atom is -0.549 e. The Morgan fingerprint density at radius 1 is 1.19 bits per heavy atom. The topological polar surface area (TPSA) is 87.7 Å². The molecule has 1 N–H and O–H groups in total. The number of hydrogen-bond acceptors (Lipinski definition) is 6. The predicted octanol–water partition coefficient (Wildman–Crippen LogP) is 0.906. The molecule has 0 fully saturated rings. The normalized spacial score (nSPS) is 10.0. The molecule has 0 spiro atoms. The highest BCUT2D eigenvalue weighted by Gasteiger charge is 2.10. The monoisotopic (exact) mass is 312 g/mol. The Morgan fingerprint density at radius 2 is 1.90 bits per heavy atom. The van der Waals surface area contributed by atoms with Crippen molar-refractivity contribution in [3.8, 4) is 11.5 Å². The van der Waals surface area contributed by atoms with E-state index in [0.717, 1.165) is 11.8 Å². The molecule has 0 unspecified atom stereocenters. The van der Waals surface area contributed by atoms with Gasteiger partial charge in [0.15, 0.2) is 0 Å². The fraction of sp³-hybridized carbons (Fsp3) is 0.429. The Hall–Kier alpha value is -1.89. The minimum absolute atomic E-state index is 0.0262. The van der Waals surface area contributed by atoms with Gasteiger partial charge in [-0.1, -0.05) is 0 Å². The number of amides is 1. The predicted molar refractivity (Wildman–Crippen MR) is 79.7 cm³/mol. The summed E-state index contributed by atoms with van der Waals surface area (Å²) in [5.74, 6) is -0.529. The number of carboxylic acid groups (broad SMARTS) is 1. The summed E-state index contributed by atoms with van der Waals surface area (Å²) in [6.07, 6.45) is 0. The number of nitrogens with one attached hydrogen (secondary N) is 1. The van der Waals surface area contributed by atoms with E-state index < -0.39 is 5.97 Å². The first-order valence-electron chi connectivity index (χ1n) is 6.53. The zero-order valence-corrected chi connectivity index (χ0v) is 12.8. The number of ether oxygens (including phenoxy) is 2. The third-order valence-corrected chi connectivity index (χ3v) is 3.20. The number of aliphatic carboxylic acids is 1. The molecule has 0 aliphatic rings. The first-order valence-corrected chi connectivity index (χ1v) is 7.69. The van der Waals surface area contributed by atoms with Gasteiger partial charge < -0.3 is 24.7 Å². The van der Waals surface area contributed by atoms with Crippen LogP contribution in [0.25, 0.3) is 0 Å². The third-order valence-electron chi connectivity index (χ3n) is 2.29. The maximum Gasteiger partial charge on any atom is 0.234 e. The second-order valence-corrected chi connectivity index (χ2v) is 4.92. The largest absolute Gasteiger partial charge is 0.549 e. The molecule has 0 saturated heterocycles. The smallest absolute Gasteiger partial charge is 0.234 e. The van der Waals surface area contributed by atoms with E-state index in [2.05, 4.69) is 5.32 Å². The van der Waals surface area contributed by atoms with Gasteiger partial charge in [0.25, 0.3) is 0 Å². The van der Waals surface area contributed by atoms with Crippen LogP contribution in [0.3, 0.4) is 0 Å². The van der Waals surface area contributed by atoms with Gasteiger partial charge in [0.1, 0.15) is 11.5 Å². The van der Waals surface area contributed by atoms with E-state index in [1.54, 1.807) is 18.2 Å². The standard InChI is InChI=1S/C14H19NO5S/c1-3-19-10-5-6-12(20-4-2)11(7-10)15-13(16)8-21-9-14(17)18/h5-7H,3-4,8-9H2,1-2H3,(H,15,16)(H,17,18)/p-1. The summed E-state index contributed by atoms with van der Waals surface area (Å²) in [6.45, 7) is 4.70. The van der Waals surface area contributed by atoms with Gasteiger partial charge in [-0.2, -0.15) is 0 Å². The van der Waals surface area contributed by atoms with Crippen LogP contribution in [0.1, 0.15) is 13.8 Å². The van der Waals surface area contributed by atoms with Crippen LogP contribution in [-0.4, -0.2) is 36.6 Å². The third kappa shape index (κ3) is 6.40. The maximum absolute atomic E-state index is 11.8. The van der Waals surface area contributed by atoms with Gasteiger partial charge in [0.2, 0.25) is 5.91 Å². The number of carboxylic acids is 1. The lowest BCUT2D eigenvalue weighted by Gasteiger charge is -2.13. The lowest BCUT2D eigenvalue weighted by atomic mass is 10.2. The first-order chi connectivity index (χ1) is 10.1. The number of carbonyl (C=O) groups excluding carboxylic acids is 2. The molecule has 0 aliphatic heterocycles. The van der Waals surface area contributed by atoms with Gasteiger partial charge in [-0.15, -0.1) is 11.8 Å². The van der Waals surface area contributed by atoms with E-state index in [1.165, 1.54) is 0 Å². The number of benzene rings is 1. The number of thioether (sulfide) groups is 1. The van der Waals surface area contributed by atoms with Crippen molar-refractivity contribution in [1.82, 2.24) is 0 Å². The Bertz CT molecular complexity index is 492. The van der Waals surface area contributed by atoms with Crippen LogP contribution in [0.4, 0.5) is 5.69 Å².